The van der Waals surface area contributed by atoms with E-state index in [0.29, 0.717) is 5.56 Å². The van der Waals surface area contributed by atoms with Crippen LogP contribution in [0.5, 0.6) is 5.75 Å². The first-order valence-electron chi connectivity index (χ1n) is 12.7. The van der Waals surface area contributed by atoms with E-state index in [1.165, 1.54) is 22.5 Å². The molecule has 10 nitrogen and oxygen atoms in total. The van der Waals surface area contributed by atoms with Gasteiger partial charge < -0.3 is 24.8 Å². The summed E-state index contributed by atoms with van der Waals surface area (Å²) in [4.78, 5) is 17.3. The lowest BCUT2D eigenvalue weighted by molar-refractivity contribution is -0.274. The first-order chi connectivity index (χ1) is 19.4. The van der Waals surface area contributed by atoms with E-state index >= 15 is 0 Å². The van der Waals surface area contributed by atoms with Crippen molar-refractivity contribution in [2.75, 3.05) is 19.7 Å². The number of nitrogens with one attached hydrogen (secondary N) is 1. The number of amides is 1. The first-order valence-corrected chi connectivity index (χ1v) is 14.2. The normalized spacial score (nSPS) is 18.7. The summed E-state index contributed by atoms with van der Waals surface area (Å²) < 4.78 is 70.9. The number of aromatic nitrogens is 1. The van der Waals surface area contributed by atoms with Crippen LogP contribution < -0.4 is 10.1 Å². The highest BCUT2D eigenvalue weighted by atomic mass is 32.2. The third-order valence-corrected chi connectivity index (χ3v) is 8.64. The van der Waals surface area contributed by atoms with Crippen molar-refractivity contribution in [2.45, 2.75) is 37.4 Å². The fraction of sp³-hybridized carbons (Fsp3) is 0.333. The molecule has 41 heavy (non-hydrogen) atoms. The van der Waals surface area contributed by atoms with Gasteiger partial charge in [0.1, 0.15) is 17.1 Å². The number of alkyl halides is 3. The Morgan fingerprint density at radius 2 is 1.90 bits per heavy atom. The molecule has 0 bridgehead atoms. The number of halogens is 3. The number of nitrogens with zero attached hydrogens (tertiary/aromatic N) is 3. The Hall–Kier alpha value is -3.72. The summed E-state index contributed by atoms with van der Waals surface area (Å²) in [5.74, 6) is -0.777. The summed E-state index contributed by atoms with van der Waals surface area (Å²) >= 11 is 0. The quantitative estimate of drug-likeness (QED) is 0.368. The predicted molar refractivity (Wildman–Crippen MR) is 144 cm³/mol. The molecule has 0 radical (unpaired) electrons. The van der Waals surface area contributed by atoms with E-state index in [4.69, 9.17) is 5.11 Å². The number of aliphatic hydroxyl groups excluding tert-OH is 2. The number of rotatable bonds is 8. The Labute approximate surface area is 233 Å². The maximum atomic E-state index is 13.0. The lowest BCUT2D eigenvalue weighted by Crippen LogP contribution is -2.50. The van der Waals surface area contributed by atoms with Crippen LogP contribution in [0.25, 0.3) is 17.0 Å². The molecule has 2 aliphatic rings. The lowest BCUT2D eigenvalue weighted by atomic mass is 9.89. The van der Waals surface area contributed by atoms with Gasteiger partial charge in [0.15, 0.2) is 0 Å². The van der Waals surface area contributed by atoms with Crippen LogP contribution in [0.3, 0.4) is 0 Å². The summed E-state index contributed by atoms with van der Waals surface area (Å²) in [6, 6.07) is 12.3. The van der Waals surface area contributed by atoms with E-state index < -0.39 is 39.7 Å². The number of hydrogen-bond acceptors (Lipinski definition) is 7. The molecule has 1 saturated heterocycles. The molecule has 3 N–H and O–H groups in total. The Morgan fingerprint density at radius 3 is 2.61 bits per heavy atom. The average molecular weight is 593 g/mol. The minimum Gasteiger partial charge on any atom is -0.406 e. The Balaban J connectivity index is 1.26. The second-order valence-corrected chi connectivity index (χ2v) is 11.7. The molecule has 3 heterocycles. The second kappa shape index (κ2) is 10.9. The van der Waals surface area contributed by atoms with E-state index in [1.807, 2.05) is 12.1 Å². The first kappa shape index (κ1) is 28.8. The number of carbonyl (C=O) groups is 1. The van der Waals surface area contributed by atoms with E-state index in [1.54, 1.807) is 22.9 Å². The molecule has 2 aromatic carbocycles. The molecule has 1 atom stereocenters. The minimum absolute atomic E-state index is 0.0309. The SMILES string of the molecule is O=C1NC(c2cccc(OC(F)(F)F)c2)=NC12CCN(S(=O)(=O)C=Cc1ccc3c(ccn3C[C@H](O)CO)c1)CC2. The van der Waals surface area contributed by atoms with Gasteiger partial charge in [-0.25, -0.2) is 8.42 Å². The van der Waals surface area contributed by atoms with Gasteiger partial charge in [0.2, 0.25) is 10.0 Å². The van der Waals surface area contributed by atoms with Gasteiger partial charge in [0, 0.05) is 41.2 Å². The van der Waals surface area contributed by atoms with Gasteiger partial charge in [-0.2, -0.15) is 4.31 Å². The third kappa shape index (κ3) is 6.30. The molecule has 0 unspecified atom stereocenters. The van der Waals surface area contributed by atoms with Crippen molar-refractivity contribution in [3.05, 3.63) is 71.3 Å². The van der Waals surface area contributed by atoms with Crippen LogP contribution in [-0.4, -0.2) is 76.9 Å². The fourth-order valence-corrected chi connectivity index (χ4v) is 6.15. The highest BCUT2D eigenvalue weighted by molar-refractivity contribution is 7.92. The lowest BCUT2D eigenvalue weighted by Gasteiger charge is -2.34. The number of sulfonamides is 1. The highest BCUT2D eigenvalue weighted by Gasteiger charge is 2.47. The Bertz CT molecular complexity index is 1630. The van der Waals surface area contributed by atoms with E-state index in [9.17, 15) is 31.5 Å². The largest absolute Gasteiger partial charge is 0.573 e. The number of aliphatic imine (C=N–C) groups is 1. The summed E-state index contributed by atoms with van der Waals surface area (Å²) in [5, 5.41) is 23.4. The van der Waals surface area contributed by atoms with Gasteiger partial charge in [-0.15, -0.1) is 13.2 Å². The third-order valence-electron chi connectivity index (χ3n) is 7.08. The van der Waals surface area contributed by atoms with Gasteiger partial charge in [0.05, 0.1) is 19.3 Å². The molecule has 2 aliphatic heterocycles. The van der Waals surface area contributed by atoms with Gasteiger partial charge in [-0.1, -0.05) is 18.2 Å². The zero-order valence-corrected chi connectivity index (χ0v) is 22.4. The van der Waals surface area contributed by atoms with Gasteiger partial charge >= 0.3 is 6.36 Å². The molecule has 3 aromatic rings. The highest BCUT2D eigenvalue weighted by Crippen LogP contribution is 2.33. The maximum Gasteiger partial charge on any atom is 0.573 e. The molecule has 14 heteroatoms. The monoisotopic (exact) mass is 592 g/mol. The Kier molecular flexibility index (Phi) is 7.68. The average Bonchev–Trinajstić information content (AvgIpc) is 3.47. The van der Waals surface area contributed by atoms with Crippen molar-refractivity contribution >= 4 is 38.7 Å². The number of aliphatic hydroxyl groups is 2. The van der Waals surface area contributed by atoms with E-state index in [0.717, 1.165) is 28.4 Å². The molecular formula is C27H27F3N4O6S. The fourth-order valence-electron chi connectivity index (χ4n) is 4.96. The van der Waals surface area contributed by atoms with Gasteiger partial charge in [0.25, 0.3) is 5.91 Å². The van der Waals surface area contributed by atoms with E-state index in [-0.39, 0.29) is 50.5 Å². The summed E-state index contributed by atoms with van der Waals surface area (Å²) in [7, 11) is -3.82. The number of fused-ring (bicyclic) bond motifs is 1. The van der Waals surface area contributed by atoms with Crippen molar-refractivity contribution in [2.24, 2.45) is 4.99 Å². The molecule has 1 aromatic heterocycles. The summed E-state index contributed by atoms with van der Waals surface area (Å²) in [6.45, 7) is -0.0718. The molecule has 0 saturated carbocycles. The zero-order chi connectivity index (χ0) is 29.4. The molecule has 0 aliphatic carbocycles. The van der Waals surface area contributed by atoms with Crippen LogP contribution in [0.1, 0.15) is 24.0 Å². The van der Waals surface area contributed by atoms with Crippen LogP contribution >= 0.6 is 0 Å². The molecule has 1 amide bonds. The molecule has 5 rings (SSSR count). The van der Waals surface area contributed by atoms with Crippen LogP contribution in [0.2, 0.25) is 0 Å². The van der Waals surface area contributed by atoms with Crippen LogP contribution in [0, 0.1) is 0 Å². The predicted octanol–water partition coefficient (Wildman–Crippen LogP) is 2.60. The Morgan fingerprint density at radius 1 is 1.15 bits per heavy atom. The maximum absolute atomic E-state index is 13.0. The number of piperidine rings is 1. The van der Waals surface area contributed by atoms with Crippen LogP contribution in [0.15, 0.2) is 65.1 Å². The number of benzene rings is 2. The molecule has 1 spiro atoms. The summed E-state index contributed by atoms with van der Waals surface area (Å²) in [6.07, 6.45) is -2.29. The van der Waals surface area contributed by atoms with Crippen molar-refractivity contribution in [1.29, 1.82) is 0 Å². The van der Waals surface area contributed by atoms with E-state index in [2.05, 4.69) is 15.0 Å². The summed E-state index contributed by atoms with van der Waals surface area (Å²) in [5.41, 5.74) is 0.504. The van der Waals surface area contributed by atoms with Crippen molar-refractivity contribution in [3.8, 4) is 5.75 Å². The van der Waals surface area contributed by atoms with Crippen molar-refractivity contribution in [3.63, 3.8) is 0 Å². The van der Waals surface area contributed by atoms with Crippen molar-refractivity contribution in [1.82, 2.24) is 14.2 Å². The number of ether oxygens (including phenoxy) is 1. The molecular weight excluding hydrogens is 565 g/mol. The zero-order valence-electron chi connectivity index (χ0n) is 21.6. The smallest absolute Gasteiger partial charge is 0.406 e. The molecule has 1 fully saturated rings. The standard InChI is InChI=1S/C27H27F3N4O6S/c28-27(29,30)40-22-3-1-2-20(15-22)24-31-25(37)26(32-24)8-11-34(12-9-26)41(38,39)13-7-18-4-5-23-19(14-18)6-10-33(23)16-21(36)17-35/h1-7,10,13-15,21,35-36H,8-9,11-12,16-17H2,(H,31,32,37)/t21-/m0/s1. The van der Waals surface area contributed by atoms with Crippen LogP contribution in [0.4, 0.5) is 13.2 Å². The van der Waals surface area contributed by atoms with Gasteiger partial charge in [-0.05, 0) is 54.8 Å². The number of hydrogen-bond donors (Lipinski definition) is 3. The minimum atomic E-state index is -4.86. The molecule has 218 valence electrons. The van der Waals surface area contributed by atoms with Crippen molar-refractivity contribution < 1.29 is 41.3 Å². The second-order valence-electron chi connectivity index (χ2n) is 9.89. The number of carbonyl (C=O) groups excluding carboxylic acids is 1. The van der Waals surface area contributed by atoms with Gasteiger partial charge in [-0.3, -0.25) is 9.79 Å². The van der Waals surface area contributed by atoms with Crippen LogP contribution in [-0.2, 0) is 21.4 Å². The number of amidine groups is 1. The topological polar surface area (TPSA) is 133 Å².